The summed E-state index contributed by atoms with van der Waals surface area (Å²) in [7, 11) is 1.65. The van der Waals surface area contributed by atoms with Crippen LogP contribution in [0.4, 0.5) is 0 Å². The number of aromatic nitrogens is 3. The number of aliphatic hydroxyl groups is 1. The molecule has 30 heavy (non-hydrogen) atoms. The van der Waals surface area contributed by atoms with Gasteiger partial charge in [0.1, 0.15) is 0 Å². The van der Waals surface area contributed by atoms with Gasteiger partial charge < -0.3 is 15.7 Å². The molecule has 0 spiro atoms. The van der Waals surface area contributed by atoms with Gasteiger partial charge in [0.25, 0.3) is 11.8 Å². The quantitative estimate of drug-likeness (QED) is 0.704. The Kier molecular flexibility index (Phi) is 3.86. The lowest BCUT2D eigenvalue weighted by molar-refractivity contribution is -0.137. The molecule has 3 atom stereocenters. The van der Waals surface area contributed by atoms with Crippen molar-refractivity contribution in [2.45, 2.75) is 38.2 Å². The Balaban J connectivity index is 1.53. The molecule has 8 nitrogen and oxygen atoms in total. The lowest BCUT2D eigenvalue weighted by atomic mass is 9.87. The van der Waals surface area contributed by atoms with Gasteiger partial charge >= 0.3 is 0 Å². The van der Waals surface area contributed by atoms with Gasteiger partial charge in [0.15, 0.2) is 11.5 Å². The number of carbonyl (C=O) groups excluding carboxylic acids is 2. The molecule has 3 heterocycles. The van der Waals surface area contributed by atoms with Crippen LogP contribution in [0.3, 0.4) is 0 Å². The van der Waals surface area contributed by atoms with Crippen molar-refractivity contribution in [3.8, 4) is 17.7 Å². The number of hydrogen-bond acceptors (Lipinski definition) is 5. The van der Waals surface area contributed by atoms with Gasteiger partial charge in [-0.2, -0.15) is 5.10 Å². The molecular formula is C22H23N5O3. The van der Waals surface area contributed by atoms with Gasteiger partial charge in [-0.15, -0.1) is 0 Å². The molecule has 0 bridgehead atoms. The summed E-state index contributed by atoms with van der Waals surface area (Å²) >= 11 is 0. The average molecular weight is 405 g/mol. The summed E-state index contributed by atoms with van der Waals surface area (Å²) in [5.74, 6) is 5.82. The number of carbonyl (C=O) groups is 2. The molecule has 5 rings (SSSR count). The number of hydrogen-bond donors (Lipinski definition) is 2. The maximum Gasteiger partial charge on any atom is 0.269 e. The molecule has 1 aliphatic heterocycles. The summed E-state index contributed by atoms with van der Waals surface area (Å²) in [5, 5.41) is 15.0. The van der Waals surface area contributed by atoms with Crippen molar-refractivity contribution >= 4 is 11.8 Å². The van der Waals surface area contributed by atoms with Gasteiger partial charge in [-0.25, -0.2) is 9.67 Å². The van der Waals surface area contributed by atoms with Crippen molar-refractivity contribution in [2.24, 2.45) is 17.1 Å². The van der Waals surface area contributed by atoms with Crippen LogP contribution in [0.5, 0.6) is 0 Å². The van der Waals surface area contributed by atoms with E-state index >= 15 is 0 Å². The van der Waals surface area contributed by atoms with Gasteiger partial charge in [0.05, 0.1) is 5.69 Å². The van der Waals surface area contributed by atoms with E-state index in [0.29, 0.717) is 29.5 Å². The van der Waals surface area contributed by atoms with Crippen LogP contribution in [0.25, 0.3) is 5.82 Å². The molecule has 2 amide bonds. The Labute approximate surface area is 174 Å². The fraction of sp³-hybridized carbons (Fsp3) is 0.455. The highest BCUT2D eigenvalue weighted by Crippen LogP contribution is 2.59. The number of pyridine rings is 1. The van der Waals surface area contributed by atoms with Crippen molar-refractivity contribution in [3.05, 3.63) is 40.8 Å². The standard InChI is InChI=1S/C22H23N5O3/c1-21-11-14(21)10-15-16(12-21)27(25-18(15)19(23)28)17-9-13(4-7-24-17)3-5-22(30)6-8-26(2)20(22)29/h4,7,9,14,30H,6,8,10-12H2,1-2H3,(H2,23,28)/t14?,21?,22-/m0/s1. The fourth-order valence-corrected chi connectivity index (χ4v) is 4.69. The molecule has 3 aliphatic rings. The van der Waals surface area contributed by atoms with Crippen LogP contribution in [-0.2, 0) is 17.6 Å². The smallest absolute Gasteiger partial charge is 0.269 e. The number of fused-ring (bicyclic) bond motifs is 2. The second-order valence-electron chi connectivity index (χ2n) is 8.98. The summed E-state index contributed by atoms with van der Waals surface area (Å²) in [6.45, 7) is 2.73. The molecule has 2 aromatic heterocycles. The van der Waals surface area contributed by atoms with Crippen molar-refractivity contribution < 1.29 is 14.7 Å². The molecule has 0 aromatic carbocycles. The van der Waals surface area contributed by atoms with Crippen LogP contribution in [0, 0.1) is 23.2 Å². The molecule has 2 fully saturated rings. The minimum Gasteiger partial charge on any atom is -0.369 e. The van der Waals surface area contributed by atoms with Crippen molar-refractivity contribution in [2.75, 3.05) is 13.6 Å². The number of likely N-dealkylation sites (N-methyl/N-ethyl adjacent to an activating group) is 1. The van der Waals surface area contributed by atoms with Gasteiger partial charge in [-0.1, -0.05) is 18.8 Å². The predicted octanol–water partition coefficient (Wildman–Crippen LogP) is 0.436. The van der Waals surface area contributed by atoms with Crippen LogP contribution in [-0.4, -0.2) is 55.8 Å². The van der Waals surface area contributed by atoms with Crippen LogP contribution in [0.2, 0.25) is 0 Å². The molecule has 3 N–H and O–H groups in total. The lowest BCUT2D eigenvalue weighted by Gasteiger charge is -2.19. The summed E-state index contributed by atoms with van der Waals surface area (Å²) in [5.41, 5.74) is 6.99. The first kappa shape index (κ1) is 18.8. The number of likely N-dealkylation sites (tertiary alicyclic amines) is 1. The highest BCUT2D eigenvalue weighted by atomic mass is 16.3. The number of amides is 2. The zero-order chi connectivity index (χ0) is 21.3. The van der Waals surface area contributed by atoms with Crippen molar-refractivity contribution in [1.82, 2.24) is 19.7 Å². The summed E-state index contributed by atoms with van der Waals surface area (Å²) in [4.78, 5) is 30.0. The maximum absolute atomic E-state index is 12.1. The number of primary amides is 1. The second-order valence-corrected chi connectivity index (χ2v) is 8.98. The normalized spacial score (nSPS) is 29.1. The first-order valence-corrected chi connectivity index (χ1v) is 10.1. The minimum atomic E-state index is -1.65. The zero-order valence-corrected chi connectivity index (χ0v) is 17.0. The summed E-state index contributed by atoms with van der Waals surface area (Å²) in [6, 6.07) is 3.46. The number of nitrogens with two attached hydrogens (primary N) is 1. The Bertz CT molecular complexity index is 1160. The topological polar surface area (TPSA) is 114 Å². The van der Waals surface area contributed by atoms with E-state index in [-0.39, 0.29) is 17.7 Å². The Hall–Kier alpha value is -3.18. The molecule has 1 saturated heterocycles. The highest BCUT2D eigenvalue weighted by molar-refractivity contribution is 5.93. The Morgan fingerprint density at radius 1 is 1.43 bits per heavy atom. The first-order valence-electron chi connectivity index (χ1n) is 10.1. The van der Waals surface area contributed by atoms with Crippen molar-refractivity contribution in [3.63, 3.8) is 0 Å². The minimum absolute atomic E-state index is 0.245. The second kappa shape index (κ2) is 6.16. The van der Waals surface area contributed by atoms with Gasteiger partial charge in [0.2, 0.25) is 5.60 Å². The van der Waals surface area contributed by atoms with E-state index in [0.717, 1.165) is 30.5 Å². The Morgan fingerprint density at radius 2 is 2.23 bits per heavy atom. The van der Waals surface area contributed by atoms with Gasteiger partial charge in [0, 0.05) is 37.3 Å². The maximum atomic E-state index is 12.1. The third-order valence-corrected chi connectivity index (χ3v) is 6.77. The first-order chi connectivity index (χ1) is 14.2. The Morgan fingerprint density at radius 3 is 2.93 bits per heavy atom. The van der Waals surface area contributed by atoms with E-state index in [4.69, 9.17) is 5.73 Å². The van der Waals surface area contributed by atoms with Crippen LogP contribution in [0.1, 0.15) is 47.1 Å². The molecule has 1 saturated carbocycles. The largest absolute Gasteiger partial charge is 0.369 e. The van der Waals surface area contributed by atoms with Gasteiger partial charge in [-0.3, -0.25) is 9.59 Å². The molecular weight excluding hydrogens is 382 g/mol. The van der Waals surface area contributed by atoms with Crippen LogP contribution in [0.15, 0.2) is 18.3 Å². The molecule has 2 unspecified atom stereocenters. The average Bonchev–Trinajstić information content (AvgIpc) is 3.14. The number of rotatable bonds is 2. The molecule has 8 heteroatoms. The zero-order valence-electron chi connectivity index (χ0n) is 17.0. The lowest BCUT2D eigenvalue weighted by Crippen LogP contribution is -2.37. The molecule has 2 aromatic rings. The fourth-order valence-electron chi connectivity index (χ4n) is 4.69. The third kappa shape index (κ3) is 2.81. The third-order valence-electron chi connectivity index (χ3n) is 6.77. The van der Waals surface area contributed by atoms with E-state index in [2.05, 4.69) is 28.8 Å². The number of nitrogens with zero attached hydrogens (tertiary/aromatic N) is 4. The predicted molar refractivity (Wildman–Crippen MR) is 108 cm³/mol. The van der Waals surface area contributed by atoms with Crippen LogP contribution >= 0.6 is 0 Å². The van der Waals surface area contributed by atoms with Gasteiger partial charge in [-0.05, 0) is 42.7 Å². The van der Waals surface area contributed by atoms with E-state index < -0.39 is 11.5 Å². The summed E-state index contributed by atoms with van der Waals surface area (Å²) in [6.07, 6.45) is 4.66. The van der Waals surface area contributed by atoms with E-state index in [1.807, 2.05) is 0 Å². The molecule has 0 radical (unpaired) electrons. The molecule has 154 valence electrons. The van der Waals surface area contributed by atoms with E-state index in [1.165, 1.54) is 4.90 Å². The van der Waals surface area contributed by atoms with Crippen molar-refractivity contribution in [1.29, 1.82) is 0 Å². The van der Waals surface area contributed by atoms with Crippen LogP contribution < -0.4 is 5.73 Å². The van der Waals surface area contributed by atoms with E-state index in [9.17, 15) is 14.7 Å². The highest BCUT2D eigenvalue weighted by Gasteiger charge is 2.54. The molecule has 2 aliphatic carbocycles. The van der Waals surface area contributed by atoms with E-state index in [1.54, 1.807) is 30.1 Å². The summed E-state index contributed by atoms with van der Waals surface area (Å²) < 4.78 is 1.70. The SMILES string of the molecule is CN1CC[C@@](O)(C#Cc2ccnc(-n3nc(C(N)=O)c4c3CC3(C)CC3C4)c2)C1=O. The monoisotopic (exact) mass is 405 g/mol.